The average Bonchev–Trinajstić information content (AvgIpc) is 3.14. The van der Waals surface area contributed by atoms with Crippen LogP contribution in [0, 0.1) is 11.8 Å². The maximum atomic E-state index is 12.9. The second-order valence-electron chi connectivity index (χ2n) is 6.77. The maximum absolute atomic E-state index is 12.9. The second kappa shape index (κ2) is 8.10. The first kappa shape index (κ1) is 18.7. The van der Waals surface area contributed by atoms with Crippen LogP contribution in [0.15, 0.2) is 41.1 Å². The standard InChI is InChI=1S/C19H21ClN2O3S/c1-12-8-15(18(23)24)10-22(9-12)19(25)21-17(14-6-7-26-11-14)13-2-4-16(20)5-3-13/h2-7,11-12,15,17H,8-10H2,1H3,(H,21,25)(H,23,24). The molecule has 138 valence electrons. The molecule has 2 aromatic rings. The summed E-state index contributed by atoms with van der Waals surface area (Å²) in [5, 5.41) is 17.0. The number of nitrogens with zero attached hydrogens (tertiary/aromatic N) is 1. The summed E-state index contributed by atoms with van der Waals surface area (Å²) in [5.74, 6) is -1.20. The fraction of sp³-hybridized carbons (Fsp3) is 0.368. The first-order chi connectivity index (χ1) is 12.4. The Hall–Kier alpha value is -2.05. The Bertz CT molecular complexity index is 764. The van der Waals surface area contributed by atoms with Crippen molar-refractivity contribution in [1.29, 1.82) is 0 Å². The predicted molar refractivity (Wildman–Crippen MR) is 103 cm³/mol. The number of nitrogens with one attached hydrogen (secondary N) is 1. The fourth-order valence-corrected chi connectivity index (χ4v) is 4.18. The van der Waals surface area contributed by atoms with Gasteiger partial charge in [-0.3, -0.25) is 4.79 Å². The topological polar surface area (TPSA) is 69.6 Å². The number of amides is 2. The van der Waals surface area contributed by atoms with Gasteiger partial charge in [0.05, 0.1) is 12.0 Å². The van der Waals surface area contributed by atoms with Crippen LogP contribution in [0.25, 0.3) is 0 Å². The number of thiophene rings is 1. The minimum Gasteiger partial charge on any atom is -0.481 e. The van der Waals surface area contributed by atoms with Gasteiger partial charge < -0.3 is 15.3 Å². The maximum Gasteiger partial charge on any atom is 0.318 e. The van der Waals surface area contributed by atoms with Gasteiger partial charge in [0.25, 0.3) is 0 Å². The number of hydrogen-bond donors (Lipinski definition) is 2. The average molecular weight is 393 g/mol. The van der Waals surface area contributed by atoms with E-state index >= 15 is 0 Å². The Morgan fingerprint density at radius 3 is 2.58 bits per heavy atom. The summed E-state index contributed by atoms with van der Waals surface area (Å²) >= 11 is 7.55. The molecule has 1 aliphatic rings. The molecule has 0 bridgehead atoms. The molecule has 2 N–H and O–H groups in total. The number of carboxylic acids is 1. The van der Waals surface area contributed by atoms with Crippen LogP contribution in [0.4, 0.5) is 4.79 Å². The molecular weight excluding hydrogens is 372 g/mol. The number of hydrogen-bond acceptors (Lipinski definition) is 3. The monoisotopic (exact) mass is 392 g/mol. The third kappa shape index (κ3) is 4.37. The normalized spacial score (nSPS) is 21.2. The Balaban J connectivity index is 1.79. The van der Waals surface area contributed by atoms with E-state index in [4.69, 9.17) is 11.6 Å². The summed E-state index contributed by atoms with van der Waals surface area (Å²) in [7, 11) is 0. The van der Waals surface area contributed by atoms with Crippen LogP contribution in [0.1, 0.15) is 30.5 Å². The summed E-state index contributed by atoms with van der Waals surface area (Å²) in [6, 6.07) is 8.81. The van der Waals surface area contributed by atoms with Gasteiger partial charge in [-0.25, -0.2) is 4.79 Å². The van der Waals surface area contributed by atoms with Gasteiger partial charge in [-0.05, 0) is 52.4 Å². The van der Waals surface area contributed by atoms with Gasteiger partial charge in [0.15, 0.2) is 0 Å². The molecule has 0 saturated carbocycles. The van der Waals surface area contributed by atoms with E-state index in [2.05, 4.69) is 5.32 Å². The summed E-state index contributed by atoms with van der Waals surface area (Å²) in [5.41, 5.74) is 1.92. The Morgan fingerprint density at radius 1 is 1.23 bits per heavy atom. The van der Waals surface area contributed by atoms with Crippen molar-refractivity contribution in [2.45, 2.75) is 19.4 Å². The number of carbonyl (C=O) groups excluding carboxylic acids is 1. The molecule has 26 heavy (non-hydrogen) atoms. The molecule has 5 nitrogen and oxygen atoms in total. The van der Waals surface area contributed by atoms with Crippen LogP contribution in [0.5, 0.6) is 0 Å². The lowest BCUT2D eigenvalue weighted by molar-refractivity contribution is -0.143. The van der Waals surface area contributed by atoms with Gasteiger partial charge in [-0.1, -0.05) is 30.7 Å². The second-order valence-corrected chi connectivity index (χ2v) is 7.99. The highest BCUT2D eigenvalue weighted by Gasteiger charge is 2.32. The molecule has 1 aliphatic heterocycles. The molecule has 1 saturated heterocycles. The zero-order valence-corrected chi connectivity index (χ0v) is 16.0. The van der Waals surface area contributed by atoms with Crippen molar-refractivity contribution in [2.75, 3.05) is 13.1 Å². The molecule has 1 fully saturated rings. The lowest BCUT2D eigenvalue weighted by Gasteiger charge is -2.35. The van der Waals surface area contributed by atoms with Gasteiger partial charge in [0, 0.05) is 18.1 Å². The number of halogens is 1. The molecule has 7 heteroatoms. The van der Waals surface area contributed by atoms with Crippen molar-refractivity contribution in [3.63, 3.8) is 0 Å². The van der Waals surface area contributed by atoms with Gasteiger partial charge >= 0.3 is 12.0 Å². The van der Waals surface area contributed by atoms with Crippen molar-refractivity contribution < 1.29 is 14.7 Å². The summed E-state index contributed by atoms with van der Waals surface area (Å²) in [4.78, 5) is 25.8. The summed E-state index contributed by atoms with van der Waals surface area (Å²) in [6.45, 7) is 2.78. The van der Waals surface area contributed by atoms with Crippen LogP contribution < -0.4 is 5.32 Å². The molecule has 1 aromatic heterocycles. The third-order valence-corrected chi connectivity index (χ3v) is 5.60. The van der Waals surface area contributed by atoms with Gasteiger partial charge in [-0.15, -0.1) is 0 Å². The Labute approximate surface area is 161 Å². The number of likely N-dealkylation sites (tertiary alicyclic amines) is 1. The highest BCUT2D eigenvalue weighted by molar-refractivity contribution is 7.08. The van der Waals surface area contributed by atoms with E-state index in [1.807, 2.05) is 35.9 Å². The van der Waals surface area contributed by atoms with E-state index < -0.39 is 11.9 Å². The predicted octanol–water partition coefficient (Wildman–Crippen LogP) is 4.24. The number of benzene rings is 1. The number of rotatable bonds is 4. The quantitative estimate of drug-likeness (QED) is 0.817. The number of aliphatic carboxylic acids is 1. The molecule has 2 heterocycles. The first-order valence-electron chi connectivity index (χ1n) is 8.50. The lowest BCUT2D eigenvalue weighted by Crippen LogP contribution is -2.50. The van der Waals surface area contributed by atoms with Gasteiger partial charge in [0.2, 0.25) is 0 Å². The smallest absolute Gasteiger partial charge is 0.318 e. The van der Waals surface area contributed by atoms with Crippen LogP contribution >= 0.6 is 22.9 Å². The molecule has 3 rings (SSSR count). The lowest BCUT2D eigenvalue weighted by atomic mass is 9.90. The number of carboxylic acid groups (broad SMARTS) is 1. The largest absolute Gasteiger partial charge is 0.481 e. The van der Waals surface area contributed by atoms with Crippen LogP contribution in [0.2, 0.25) is 5.02 Å². The van der Waals surface area contributed by atoms with Gasteiger partial charge in [-0.2, -0.15) is 11.3 Å². The minimum absolute atomic E-state index is 0.158. The first-order valence-corrected chi connectivity index (χ1v) is 9.82. The molecular formula is C19H21ClN2O3S. The number of piperidine rings is 1. The number of carbonyl (C=O) groups is 2. The highest BCUT2D eigenvalue weighted by atomic mass is 35.5. The Morgan fingerprint density at radius 2 is 1.96 bits per heavy atom. The Kier molecular flexibility index (Phi) is 5.84. The highest BCUT2D eigenvalue weighted by Crippen LogP contribution is 2.27. The molecule has 0 spiro atoms. The van der Waals surface area contributed by atoms with E-state index in [-0.39, 0.29) is 24.5 Å². The molecule has 1 aromatic carbocycles. The minimum atomic E-state index is -0.846. The fourth-order valence-electron chi connectivity index (χ4n) is 3.36. The van der Waals surface area contributed by atoms with Crippen molar-refractivity contribution >= 4 is 34.9 Å². The molecule has 2 amide bonds. The van der Waals surface area contributed by atoms with Crippen LogP contribution in [-0.2, 0) is 4.79 Å². The van der Waals surface area contributed by atoms with E-state index in [9.17, 15) is 14.7 Å². The third-order valence-electron chi connectivity index (χ3n) is 4.64. The van der Waals surface area contributed by atoms with Gasteiger partial charge in [0.1, 0.15) is 0 Å². The number of urea groups is 1. The summed E-state index contributed by atoms with van der Waals surface area (Å²) in [6.07, 6.45) is 0.601. The SMILES string of the molecule is CC1CC(C(=O)O)CN(C(=O)NC(c2ccc(Cl)cc2)c2ccsc2)C1. The molecule has 0 radical (unpaired) electrons. The van der Waals surface area contributed by atoms with Crippen molar-refractivity contribution in [3.8, 4) is 0 Å². The van der Waals surface area contributed by atoms with E-state index in [1.165, 1.54) is 0 Å². The molecule has 3 atom stereocenters. The zero-order valence-electron chi connectivity index (χ0n) is 14.4. The van der Waals surface area contributed by atoms with E-state index in [0.717, 1.165) is 11.1 Å². The van der Waals surface area contributed by atoms with E-state index in [0.29, 0.717) is 18.0 Å². The van der Waals surface area contributed by atoms with Crippen LogP contribution in [-0.4, -0.2) is 35.1 Å². The van der Waals surface area contributed by atoms with Crippen molar-refractivity contribution in [2.24, 2.45) is 11.8 Å². The molecule has 3 unspecified atom stereocenters. The van der Waals surface area contributed by atoms with E-state index in [1.54, 1.807) is 28.4 Å². The van der Waals surface area contributed by atoms with Crippen molar-refractivity contribution in [3.05, 3.63) is 57.2 Å². The zero-order chi connectivity index (χ0) is 18.7. The molecule has 0 aliphatic carbocycles. The summed E-state index contributed by atoms with van der Waals surface area (Å²) < 4.78 is 0. The van der Waals surface area contributed by atoms with Crippen LogP contribution in [0.3, 0.4) is 0 Å². The van der Waals surface area contributed by atoms with Crippen molar-refractivity contribution in [1.82, 2.24) is 10.2 Å².